The van der Waals surface area contributed by atoms with Gasteiger partial charge in [0.15, 0.2) is 0 Å². The zero-order valence-corrected chi connectivity index (χ0v) is 48.7. The number of esters is 1. The Kier molecular flexibility index (Phi) is 50.2. The van der Waals surface area contributed by atoms with E-state index >= 15 is 0 Å². The van der Waals surface area contributed by atoms with Crippen molar-refractivity contribution in [3.8, 4) is 0 Å². The second kappa shape index (κ2) is 52.4. The van der Waals surface area contributed by atoms with E-state index in [0.717, 1.165) is 135 Å². The first kappa shape index (κ1) is 69.9. The number of allylic oxidation sites excluding steroid dienone is 15. The molecule has 73 heavy (non-hydrogen) atoms. The lowest BCUT2D eigenvalue weighted by Crippen LogP contribution is -2.47. The number of quaternary nitrogens is 1. The maximum absolute atomic E-state index is 13.5. The number of nitrogens with one attached hydrogen (secondary N) is 1. The molecule has 0 aliphatic heterocycles. The van der Waals surface area contributed by atoms with E-state index in [9.17, 15) is 19.0 Å². The second-order valence-electron chi connectivity index (χ2n) is 20.8. The topological polar surface area (TPSA) is 114 Å². The third-order valence-electron chi connectivity index (χ3n) is 12.5. The van der Waals surface area contributed by atoms with Gasteiger partial charge in [-0.25, -0.2) is 0 Å². The van der Waals surface area contributed by atoms with E-state index in [0.29, 0.717) is 23.9 Å². The van der Waals surface area contributed by atoms with Crippen LogP contribution in [0.2, 0.25) is 0 Å². The number of hydrogen-bond acceptors (Lipinski definition) is 7. The molecular weight excluding hydrogens is 928 g/mol. The van der Waals surface area contributed by atoms with Crippen LogP contribution in [0.4, 0.5) is 0 Å². The van der Waals surface area contributed by atoms with Gasteiger partial charge in [-0.3, -0.25) is 14.2 Å². The Morgan fingerprint density at radius 2 is 0.918 bits per heavy atom. The molecule has 420 valence electrons. The highest BCUT2D eigenvalue weighted by Gasteiger charge is 2.27. The van der Waals surface area contributed by atoms with E-state index < -0.39 is 26.6 Å². The number of nitrogens with zero attached hydrogens (tertiary/aromatic N) is 1. The highest BCUT2D eigenvalue weighted by atomic mass is 31.2. The number of hydrogen-bond donors (Lipinski definition) is 1. The first-order chi connectivity index (χ1) is 35.4. The molecule has 1 N–H and O–H groups in total. The van der Waals surface area contributed by atoms with Crippen LogP contribution >= 0.6 is 7.82 Å². The summed E-state index contributed by atoms with van der Waals surface area (Å²) in [6, 6.07) is -0.907. The average molecular weight is 1040 g/mol. The van der Waals surface area contributed by atoms with Crippen LogP contribution in [-0.4, -0.2) is 69.4 Å². The summed E-state index contributed by atoms with van der Waals surface area (Å²) in [5.74, 6) is -0.583. The SMILES string of the molecule is CC/C=C\C/C=C\C/C=C\C/C=C\C/C=C\CCCCCCCC(=O)OC(/C=C\CCCCCCCCCCC)C(COP(=O)([O-])OCC[N+](C)(C)C)NC(=O)CCCCCCCC/C=C/C=C/CCCCC. The fourth-order valence-electron chi connectivity index (χ4n) is 7.95. The lowest BCUT2D eigenvalue weighted by molar-refractivity contribution is -0.870. The molecule has 1 amide bonds. The van der Waals surface area contributed by atoms with Crippen molar-refractivity contribution in [1.29, 1.82) is 0 Å². The van der Waals surface area contributed by atoms with Gasteiger partial charge in [-0.2, -0.15) is 0 Å². The van der Waals surface area contributed by atoms with Crippen molar-refractivity contribution in [3.05, 3.63) is 97.2 Å². The van der Waals surface area contributed by atoms with Crippen LogP contribution < -0.4 is 10.2 Å². The zero-order chi connectivity index (χ0) is 53.6. The number of unbranched alkanes of at least 4 members (excludes halogenated alkanes) is 23. The van der Waals surface area contributed by atoms with E-state index in [1.165, 1.54) is 64.2 Å². The zero-order valence-electron chi connectivity index (χ0n) is 47.8. The van der Waals surface area contributed by atoms with E-state index in [1.54, 1.807) is 0 Å². The Morgan fingerprint density at radius 1 is 0.507 bits per heavy atom. The molecule has 0 heterocycles. The number of likely N-dealkylation sites (N-methyl/N-ethyl adjacent to an activating group) is 1. The lowest BCUT2D eigenvalue weighted by Gasteiger charge is -2.30. The van der Waals surface area contributed by atoms with Crippen molar-refractivity contribution in [2.45, 2.75) is 251 Å². The van der Waals surface area contributed by atoms with Gasteiger partial charge in [-0.15, -0.1) is 0 Å². The Labute approximate surface area is 449 Å². The summed E-state index contributed by atoms with van der Waals surface area (Å²) in [6.45, 7) is 6.65. The summed E-state index contributed by atoms with van der Waals surface area (Å²) in [5.41, 5.74) is 0. The molecule has 0 rings (SSSR count). The Morgan fingerprint density at radius 3 is 1.42 bits per heavy atom. The minimum atomic E-state index is -4.71. The molecule has 0 bridgehead atoms. The molecule has 0 aromatic rings. The molecule has 0 saturated carbocycles. The van der Waals surface area contributed by atoms with Crippen LogP contribution in [0.15, 0.2) is 97.2 Å². The molecule has 0 fully saturated rings. The molecule has 3 unspecified atom stereocenters. The monoisotopic (exact) mass is 1040 g/mol. The number of amides is 1. The summed E-state index contributed by atoms with van der Waals surface area (Å²) < 4.78 is 30.2. The molecule has 0 aliphatic carbocycles. The van der Waals surface area contributed by atoms with Gasteiger partial charge in [0.2, 0.25) is 5.91 Å². The van der Waals surface area contributed by atoms with Crippen molar-refractivity contribution in [2.75, 3.05) is 40.9 Å². The van der Waals surface area contributed by atoms with Crippen LogP contribution in [-0.2, 0) is 27.9 Å². The number of phosphoric ester groups is 1. The van der Waals surface area contributed by atoms with Crippen molar-refractivity contribution in [3.63, 3.8) is 0 Å². The predicted molar refractivity (Wildman–Crippen MR) is 311 cm³/mol. The van der Waals surface area contributed by atoms with E-state index in [2.05, 4.69) is 111 Å². The fraction of sp³-hybridized carbons (Fsp3) is 0.714. The minimum Gasteiger partial charge on any atom is -0.756 e. The largest absolute Gasteiger partial charge is 0.756 e. The van der Waals surface area contributed by atoms with Gasteiger partial charge in [0.05, 0.1) is 33.8 Å². The number of ether oxygens (including phenoxy) is 1. The summed E-state index contributed by atoms with van der Waals surface area (Å²) in [5, 5.41) is 3.01. The Balaban J connectivity index is 5.32. The van der Waals surface area contributed by atoms with E-state index in [-0.39, 0.29) is 24.9 Å². The molecule has 0 aliphatic rings. The van der Waals surface area contributed by atoms with Crippen molar-refractivity contribution in [1.82, 2.24) is 5.32 Å². The third-order valence-corrected chi connectivity index (χ3v) is 13.5. The standard InChI is InChI=1S/C63H111N2O7P/c1-7-10-13-16-19-22-25-27-29-30-31-32-33-34-36-38-41-44-47-50-53-56-63(67)72-61(54-51-48-45-42-39-24-21-18-15-12-9-3)60(59-71-73(68,69)70-58-57-65(4,5)6)64-62(66)55-52-49-46-43-40-37-35-28-26-23-20-17-14-11-8-2/h10,13,19-20,22-23,26-29,31-32,34,36,51,54,60-61H,7-9,11-12,14-18,21,24-25,30,33,35,37-50,52-53,55-59H2,1-6H3,(H-,64,66,68,69)/b13-10-,22-19-,23-20+,28-26+,29-27-,32-31-,36-34-,54-51-. The molecule has 0 spiro atoms. The fourth-order valence-corrected chi connectivity index (χ4v) is 8.67. The van der Waals surface area contributed by atoms with Crippen LogP contribution in [0, 0.1) is 0 Å². The predicted octanol–water partition coefficient (Wildman–Crippen LogP) is 17.4. The van der Waals surface area contributed by atoms with Crippen LogP contribution in [0.3, 0.4) is 0 Å². The number of carbonyl (C=O) groups excluding carboxylic acids is 2. The Bertz CT molecular complexity index is 1570. The van der Waals surface area contributed by atoms with Gasteiger partial charge < -0.3 is 28.5 Å². The third kappa shape index (κ3) is 53.6. The summed E-state index contributed by atoms with van der Waals surface area (Å²) in [4.78, 5) is 39.9. The quantitative estimate of drug-likeness (QED) is 0.0161. The van der Waals surface area contributed by atoms with Gasteiger partial charge >= 0.3 is 5.97 Å². The van der Waals surface area contributed by atoms with E-state index in [1.807, 2.05) is 33.3 Å². The molecule has 0 saturated heterocycles. The first-order valence-electron chi connectivity index (χ1n) is 29.6. The number of rotatable bonds is 52. The molecule has 9 nitrogen and oxygen atoms in total. The molecule has 0 aromatic heterocycles. The summed E-state index contributed by atoms with van der Waals surface area (Å²) in [6.07, 6.45) is 69.4. The molecule has 10 heteroatoms. The molecular formula is C63H111N2O7P. The van der Waals surface area contributed by atoms with Crippen molar-refractivity contribution < 1.29 is 37.3 Å². The smallest absolute Gasteiger partial charge is 0.306 e. The van der Waals surface area contributed by atoms with Gasteiger partial charge in [-0.05, 0) is 102 Å². The summed E-state index contributed by atoms with van der Waals surface area (Å²) in [7, 11) is 1.15. The van der Waals surface area contributed by atoms with Gasteiger partial charge in [-0.1, -0.05) is 221 Å². The van der Waals surface area contributed by atoms with Gasteiger partial charge in [0, 0.05) is 12.8 Å². The van der Waals surface area contributed by atoms with E-state index in [4.69, 9.17) is 13.8 Å². The van der Waals surface area contributed by atoms with Crippen molar-refractivity contribution >= 4 is 19.7 Å². The second-order valence-corrected chi connectivity index (χ2v) is 22.2. The average Bonchev–Trinajstić information content (AvgIpc) is 3.35. The molecule has 0 radical (unpaired) electrons. The van der Waals surface area contributed by atoms with Crippen molar-refractivity contribution in [2.24, 2.45) is 0 Å². The van der Waals surface area contributed by atoms with Crippen LogP contribution in [0.1, 0.15) is 239 Å². The maximum Gasteiger partial charge on any atom is 0.306 e. The van der Waals surface area contributed by atoms with Gasteiger partial charge in [0.25, 0.3) is 7.82 Å². The number of carbonyl (C=O) groups is 2. The van der Waals surface area contributed by atoms with Crippen LogP contribution in [0.25, 0.3) is 0 Å². The minimum absolute atomic E-state index is 0.0328. The maximum atomic E-state index is 13.5. The highest BCUT2D eigenvalue weighted by molar-refractivity contribution is 7.45. The Hall–Kier alpha value is -3.07. The lowest BCUT2D eigenvalue weighted by atomic mass is 10.1. The number of phosphoric acid groups is 1. The van der Waals surface area contributed by atoms with Crippen LogP contribution in [0.5, 0.6) is 0 Å². The normalized spacial score (nSPS) is 14.5. The summed E-state index contributed by atoms with van der Waals surface area (Å²) >= 11 is 0. The molecule has 0 aromatic carbocycles. The van der Waals surface area contributed by atoms with Gasteiger partial charge in [0.1, 0.15) is 19.3 Å². The first-order valence-corrected chi connectivity index (χ1v) is 31.0. The molecule has 3 atom stereocenters. The highest BCUT2D eigenvalue weighted by Crippen LogP contribution is 2.38.